The van der Waals surface area contributed by atoms with Gasteiger partial charge in [0, 0.05) is 43.7 Å². The number of benzene rings is 6. The molecule has 5 nitrogen and oxygen atoms in total. The number of aromatic nitrogens is 4. The van der Waals surface area contributed by atoms with Crippen molar-refractivity contribution >= 4 is 80.9 Å². The highest BCUT2D eigenvalue weighted by Crippen LogP contribution is 2.40. The molecule has 6 heteroatoms. The average Bonchev–Trinajstić information content (AvgIpc) is 3.78. The van der Waals surface area contributed by atoms with Gasteiger partial charge in [0.05, 0.1) is 44.5 Å². The maximum atomic E-state index is 7.56. The van der Waals surface area contributed by atoms with Gasteiger partial charge < -0.3 is 9.13 Å². The van der Waals surface area contributed by atoms with Crippen LogP contribution in [0.25, 0.3) is 91.5 Å². The smallest absolute Gasteiger partial charge is 0.188 e. The molecule has 4 heterocycles. The van der Waals surface area contributed by atoms with Crippen LogP contribution in [-0.2, 0) is 0 Å². The molecule has 0 N–H and O–H groups in total. The maximum Gasteiger partial charge on any atom is 0.188 e. The summed E-state index contributed by atoms with van der Waals surface area (Å²) in [5.41, 5.74) is 9.18. The van der Waals surface area contributed by atoms with Gasteiger partial charge in [0.25, 0.3) is 0 Å². The van der Waals surface area contributed by atoms with Crippen LogP contribution in [0.5, 0.6) is 0 Å². The summed E-state index contributed by atoms with van der Waals surface area (Å²) in [6, 6.07) is 46.5. The number of hydrogen-bond donors (Lipinski definition) is 0. The predicted molar refractivity (Wildman–Crippen MR) is 195 cm³/mol. The van der Waals surface area contributed by atoms with Gasteiger partial charge in [-0.1, -0.05) is 72.8 Å². The van der Waals surface area contributed by atoms with Crippen LogP contribution in [-0.4, -0.2) is 19.1 Å². The summed E-state index contributed by atoms with van der Waals surface area (Å²) in [5.74, 6) is 0.698. The minimum Gasteiger partial charge on any atom is -0.309 e. The Morgan fingerprint density at radius 1 is 0.553 bits per heavy atom. The highest BCUT2D eigenvalue weighted by molar-refractivity contribution is 7.25. The first-order valence-corrected chi connectivity index (χ1v) is 16.3. The fourth-order valence-electron chi connectivity index (χ4n) is 7.17. The minimum absolute atomic E-state index is 0.644. The molecule has 47 heavy (non-hydrogen) atoms. The fraction of sp³-hybridized carbons (Fsp3) is 0. The Hall–Kier alpha value is -6.29. The zero-order valence-electron chi connectivity index (χ0n) is 24.9. The molecule has 0 aliphatic rings. The van der Waals surface area contributed by atoms with Gasteiger partial charge in [-0.25, -0.2) is 14.8 Å². The van der Waals surface area contributed by atoms with Crippen LogP contribution >= 0.6 is 11.3 Å². The summed E-state index contributed by atoms with van der Waals surface area (Å²) in [4.78, 5) is 13.9. The molecule has 0 bridgehead atoms. The minimum atomic E-state index is 0.644. The molecular formula is C41H23N5S. The molecule has 6 aromatic carbocycles. The van der Waals surface area contributed by atoms with Gasteiger partial charge in [0.2, 0.25) is 0 Å². The largest absolute Gasteiger partial charge is 0.309 e. The first kappa shape index (κ1) is 26.0. The predicted octanol–water partition coefficient (Wildman–Crippen LogP) is 11.3. The van der Waals surface area contributed by atoms with Crippen molar-refractivity contribution in [1.82, 2.24) is 19.1 Å². The van der Waals surface area contributed by atoms with E-state index in [2.05, 4.69) is 135 Å². The van der Waals surface area contributed by atoms with E-state index in [1.54, 1.807) is 11.3 Å². The zero-order chi connectivity index (χ0) is 31.1. The van der Waals surface area contributed by atoms with Gasteiger partial charge in [0.1, 0.15) is 0 Å². The van der Waals surface area contributed by atoms with Crippen molar-refractivity contribution in [3.05, 3.63) is 151 Å². The second kappa shape index (κ2) is 9.85. The van der Waals surface area contributed by atoms with Crippen molar-refractivity contribution in [1.29, 1.82) is 0 Å². The molecule has 0 unspecified atom stereocenters. The third-order valence-electron chi connectivity index (χ3n) is 9.20. The number of thiophene rings is 1. The molecule has 0 aliphatic heterocycles. The lowest BCUT2D eigenvalue weighted by Gasteiger charge is -2.13. The number of nitrogens with zero attached hydrogens (tertiary/aromatic N) is 5. The standard InChI is InChI=1S/C41H23N5S/c1-42-25-18-20-37-31(22-25)29-12-4-6-14-33(29)45(37)26-19-21-38-32(23-26)40-39(47-38)24-43-41(44-40)30-13-5-9-17-36(30)46-34-15-7-2-10-27(34)28-11-3-8-16-35(28)46/h2-24H. The maximum absolute atomic E-state index is 7.56. The third kappa shape index (κ3) is 3.75. The Morgan fingerprint density at radius 2 is 1.19 bits per heavy atom. The quantitative estimate of drug-likeness (QED) is 0.185. The first-order valence-electron chi connectivity index (χ1n) is 15.5. The van der Waals surface area contributed by atoms with Crippen LogP contribution in [0.15, 0.2) is 140 Å². The van der Waals surface area contributed by atoms with E-state index in [0.717, 1.165) is 65.4 Å². The molecule has 0 aliphatic carbocycles. The Bertz CT molecular complexity index is 2880. The summed E-state index contributed by atoms with van der Waals surface area (Å²) >= 11 is 1.72. The molecule has 10 rings (SSSR count). The molecule has 0 atom stereocenters. The van der Waals surface area contributed by atoms with E-state index in [4.69, 9.17) is 16.5 Å². The van der Waals surface area contributed by atoms with Gasteiger partial charge >= 0.3 is 0 Å². The summed E-state index contributed by atoms with van der Waals surface area (Å²) in [7, 11) is 0. The number of para-hydroxylation sites is 4. The lowest BCUT2D eigenvalue weighted by molar-refractivity contribution is 1.15. The Balaban J connectivity index is 1.19. The van der Waals surface area contributed by atoms with E-state index in [9.17, 15) is 0 Å². The monoisotopic (exact) mass is 617 g/mol. The van der Waals surface area contributed by atoms with Gasteiger partial charge in [0.15, 0.2) is 11.5 Å². The molecule has 4 aromatic heterocycles. The molecule has 0 spiro atoms. The van der Waals surface area contributed by atoms with Crippen LogP contribution in [0.1, 0.15) is 0 Å². The van der Waals surface area contributed by atoms with Gasteiger partial charge in [-0.2, -0.15) is 0 Å². The third-order valence-corrected chi connectivity index (χ3v) is 10.3. The van der Waals surface area contributed by atoms with Gasteiger partial charge in [-0.15, -0.1) is 11.3 Å². The zero-order valence-corrected chi connectivity index (χ0v) is 25.7. The number of rotatable bonds is 3. The summed E-state index contributed by atoms with van der Waals surface area (Å²) in [6.45, 7) is 7.56. The van der Waals surface area contributed by atoms with Crippen molar-refractivity contribution in [3.8, 4) is 22.8 Å². The van der Waals surface area contributed by atoms with Crippen molar-refractivity contribution in [2.24, 2.45) is 0 Å². The first-order chi connectivity index (χ1) is 23.3. The van der Waals surface area contributed by atoms with E-state index >= 15 is 0 Å². The molecule has 0 fully saturated rings. The average molecular weight is 618 g/mol. The Labute approximate surface area is 273 Å². The number of fused-ring (bicyclic) bond motifs is 9. The molecule has 0 saturated carbocycles. The SMILES string of the molecule is [C-]#[N+]c1ccc2c(c1)c1ccccc1n2-c1ccc2sc3cnc(-c4ccccc4-n4c5ccccc5c5ccccc54)nc3c2c1. The normalized spacial score (nSPS) is 11.8. The van der Waals surface area contributed by atoms with Crippen LogP contribution in [0.3, 0.4) is 0 Å². The lowest BCUT2D eigenvalue weighted by Crippen LogP contribution is -1.99. The fourth-order valence-corrected chi connectivity index (χ4v) is 8.16. The topological polar surface area (TPSA) is 40.0 Å². The van der Waals surface area contributed by atoms with E-state index in [-0.39, 0.29) is 0 Å². The summed E-state index contributed by atoms with van der Waals surface area (Å²) in [5, 5.41) is 5.76. The van der Waals surface area contributed by atoms with Crippen LogP contribution < -0.4 is 0 Å². The van der Waals surface area contributed by atoms with E-state index in [1.807, 2.05) is 18.3 Å². The lowest BCUT2D eigenvalue weighted by atomic mass is 10.1. The van der Waals surface area contributed by atoms with Crippen LogP contribution in [0.4, 0.5) is 5.69 Å². The summed E-state index contributed by atoms with van der Waals surface area (Å²) in [6.07, 6.45) is 1.97. The van der Waals surface area contributed by atoms with E-state index in [1.165, 1.54) is 15.5 Å². The van der Waals surface area contributed by atoms with Crippen molar-refractivity contribution in [2.75, 3.05) is 0 Å². The molecule has 0 amide bonds. The molecular weight excluding hydrogens is 595 g/mol. The molecule has 0 radical (unpaired) electrons. The van der Waals surface area contributed by atoms with Crippen molar-refractivity contribution in [3.63, 3.8) is 0 Å². The Morgan fingerprint density at radius 3 is 1.94 bits per heavy atom. The van der Waals surface area contributed by atoms with Crippen molar-refractivity contribution < 1.29 is 0 Å². The van der Waals surface area contributed by atoms with Crippen LogP contribution in [0, 0.1) is 6.57 Å². The molecule has 218 valence electrons. The van der Waals surface area contributed by atoms with Crippen molar-refractivity contribution in [2.45, 2.75) is 0 Å². The van der Waals surface area contributed by atoms with E-state index in [0.29, 0.717) is 11.5 Å². The molecule has 10 aromatic rings. The second-order valence-electron chi connectivity index (χ2n) is 11.7. The van der Waals surface area contributed by atoms with Gasteiger partial charge in [-0.05, 0) is 66.0 Å². The van der Waals surface area contributed by atoms with Crippen LogP contribution in [0.2, 0.25) is 0 Å². The second-order valence-corrected chi connectivity index (χ2v) is 12.8. The number of hydrogen-bond acceptors (Lipinski definition) is 3. The van der Waals surface area contributed by atoms with E-state index < -0.39 is 0 Å². The molecule has 0 saturated heterocycles. The highest BCUT2D eigenvalue weighted by Gasteiger charge is 2.19. The summed E-state index contributed by atoms with van der Waals surface area (Å²) < 4.78 is 6.85. The van der Waals surface area contributed by atoms with Gasteiger partial charge in [-0.3, -0.25) is 0 Å². The Kier molecular flexibility index (Phi) is 5.45. The highest BCUT2D eigenvalue weighted by atomic mass is 32.1.